The fourth-order valence-electron chi connectivity index (χ4n) is 3.36. The fraction of sp³-hybridized carbons (Fsp3) is 0.304. The normalized spacial score (nSPS) is 14.8. The zero-order valence-electron chi connectivity index (χ0n) is 16.4. The van der Waals surface area contributed by atoms with E-state index in [1.807, 2.05) is 0 Å². The van der Waals surface area contributed by atoms with Crippen LogP contribution in [-0.2, 0) is 16.0 Å². The second kappa shape index (κ2) is 9.45. The molecule has 4 nitrogen and oxygen atoms in total. The van der Waals surface area contributed by atoms with E-state index in [1.54, 1.807) is 53.1 Å². The van der Waals surface area contributed by atoms with Crippen molar-refractivity contribution in [2.45, 2.75) is 19.8 Å². The van der Waals surface area contributed by atoms with Gasteiger partial charge < -0.3 is 9.80 Å². The van der Waals surface area contributed by atoms with E-state index in [1.165, 1.54) is 18.2 Å². The van der Waals surface area contributed by atoms with Gasteiger partial charge in [-0.2, -0.15) is 0 Å². The number of rotatable bonds is 5. The summed E-state index contributed by atoms with van der Waals surface area (Å²) in [5.41, 5.74) is 1.77. The molecule has 2 amide bonds. The molecule has 2 aromatic rings. The molecule has 2 aromatic carbocycles. The molecule has 0 aromatic heterocycles. The number of carbonyl (C=O) groups excluding carboxylic acids is 2. The minimum atomic E-state index is -0.365. The monoisotopic (exact) mass is 398 g/mol. The molecule has 0 bridgehead atoms. The summed E-state index contributed by atoms with van der Waals surface area (Å²) in [5.74, 6) is -0.775. The Balaban J connectivity index is 1.50. The van der Waals surface area contributed by atoms with Crippen LogP contribution in [-0.4, -0.2) is 47.8 Å². The Kier molecular flexibility index (Phi) is 6.75. The van der Waals surface area contributed by atoms with Crippen LogP contribution >= 0.6 is 0 Å². The van der Waals surface area contributed by atoms with Crippen LogP contribution < -0.4 is 0 Å². The second-order valence-electron chi connectivity index (χ2n) is 7.15. The van der Waals surface area contributed by atoms with E-state index in [4.69, 9.17) is 0 Å². The van der Waals surface area contributed by atoms with Gasteiger partial charge in [-0.05, 0) is 43.2 Å². The number of piperazine rings is 1. The molecule has 0 saturated carbocycles. The maximum atomic E-state index is 13.8. The van der Waals surface area contributed by atoms with Crippen molar-refractivity contribution in [1.82, 2.24) is 9.80 Å². The van der Waals surface area contributed by atoms with Gasteiger partial charge in [0.2, 0.25) is 11.8 Å². The predicted molar refractivity (Wildman–Crippen MR) is 108 cm³/mol. The number of hydrogen-bond acceptors (Lipinski definition) is 2. The Morgan fingerprint density at radius 1 is 0.931 bits per heavy atom. The first-order chi connectivity index (χ1) is 13.9. The number of carbonyl (C=O) groups is 2. The van der Waals surface area contributed by atoms with E-state index in [2.05, 4.69) is 0 Å². The van der Waals surface area contributed by atoms with Crippen molar-refractivity contribution in [3.63, 3.8) is 0 Å². The third-order valence-electron chi connectivity index (χ3n) is 5.07. The standard InChI is InChI=1S/C23H24F2N2O2/c1-17(16-19-4-2-3-5-21(19)25)23(29)27-14-12-26(13-15-27)22(28)11-8-18-6-9-20(24)10-7-18/h2-7,9-10,16H,8,11-15H2,1H3/b17-16+. The maximum Gasteiger partial charge on any atom is 0.249 e. The van der Waals surface area contributed by atoms with Gasteiger partial charge in [-0.25, -0.2) is 8.78 Å². The van der Waals surface area contributed by atoms with E-state index >= 15 is 0 Å². The molecule has 6 heteroatoms. The highest BCUT2D eigenvalue weighted by molar-refractivity contribution is 5.97. The molecule has 1 heterocycles. The zero-order valence-corrected chi connectivity index (χ0v) is 16.4. The third-order valence-corrected chi connectivity index (χ3v) is 5.07. The highest BCUT2D eigenvalue weighted by atomic mass is 19.1. The molecule has 29 heavy (non-hydrogen) atoms. The molecule has 0 spiro atoms. The van der Waals surface area contributed by atoms with Crippen molar-refractivity contribution in [3.8, 4) is 0 Å². The summed E-state index contributed by atoms with van der Waals surface area (Å²) in [7, 11) is 0. The van der Waals surface area contributed by atoms with Gasteiger partial charge in [0, 0.05) is 43.7 Å². The van der Waals surface area contributed by atoms with Gasteiger partial charge in [0.05, 0.1) is 0 Å². The first-order valence-corrected chi connectivity index (χ1v) is 9.68. The second-order valence-corrected chi connectivity index (χ2v) is 7.15. The molecule has 1 aliphatic heterocycles. The SMILES string of the molecule is C/C(=C\c1ccccc1F)C(=O)N1CCN(C(=O)CCc2ccc(F)cc2)CC1. The number of nitrogens with zero attached hydrogens (tertiary/aromatic N) is 2. The van der Waals surface area contributed by atoms with Gasteiger partial charge in [-0.15, -0.1) is 0 Å². The number of benzene rings is 2. The van der Waals surface area contributed by atoms with Crippen LogP contribution in [0.1, 0.15) is 24.5 Å². The molecule has 0 radical (unpaired) electrons. The van der Waals surface area contributed by atoms with Crippen molar-refractivity contribution in [2.75, 3.05) is 26.2 Å². The number of aryl methyl sites for hydroxylation is 1. The van der Waals surface area contributed by atoms with E-state index in [-0.39, 0.29) is 23.4 Å². The van der Waals surface area contributed by atoms with Gasteiger partial charge in [-0.3, -0.25) is 9.59 Å². The molecule has 152 valence electrons. The number of halogens is 2. The summed E-state index contributed by atoms with van der Waals surface area (Å²) < 4.78 is 26.7. The van der Waals surface area contributed by atoms with Crippen LogP contribution in [0.5, 0.6) is 0 Å². The minimum Gasteiger partial charge on any atom is -0.339 e. The van der Waals surface area contributed by atoms with Crippen molar-refractivity contribution >= 4 is 17.9 Å². The zero-order chi connectivity index (χ0) is 20.8. The van der Waals surface area contributed by atoms with Crippen LogP contribution in [0.25, 0.3) is 6.08 Å². The molecule has 0 unspecified atom stereocenters. The molecule has 0 atom stereocenters. The quantitative estimate of drug-likeness (QED) is 0.721. The summed E-state index contributed by atoms with van der Waals surface area (Å²) in [4.78, 5) is 28.5. The van der Waals surface area contributed by atoms with Crippen LogP contribution in [0, 0.1) is 11.6 Å². The maximum absolute atomic E-state index is 13.8. The lowest BCUT2D eigenvalue weighted by molar-refractivity contribution is -0.137. The first-order valence-electron chi connectivity index (χ1n) is 9.68. The van der Waals surface area contributed by atoms with Crippen LogP contribution in [0.2, 0.25) is 0 Å². The van der Waals surface area contributed by atoms with Crippen LogP contribution in [0.15, 0.2) is 54.1 Å². The molecular formula is C23H24F2N2O2. The largest absolute Gasteiger partial charge is 0.339 e. The Hall–Kier alpha value is -3.02. The van der Waals surface area contributed by atoms with Crippen molar-refractivity contribution in [1.29, 1.82) is 0 Å². The molecular weight excluding hydrogens is 374 g/mol. The lowest BCUT2D eigenvalue weighted by Gasteiger charge is -2.35. The first kappa shape index (κ1) is 20.7. The Morgan fingerprint density at radius 3 is 2.21 bits per heavy atom. The van der Waals surface area contributed by atoms with Crippen LogP contribution in [0.4, 0.5) is 8.78 Å². The summed E-state index contributed by atoms with van der Waals surface area (Å²) in [6.07, 6.45) is 2.46. The fourth-order valence-corrected chi connectivity index (χ4v) is 3.36. The summed E-state index contributed by atoms with van der Waals surface area (Å²) >= 11 is 0. The van der Waals surface area contributed by atoms with E-state index in [0.29, 0.717) is 50.2 Å². The van der Waals surface area contributed by atoms with E-state index in [0.717, 1.165) is 5.56 Å². The van der Waals surface area contributed by atoms with Gasteiger partial charge in [-0.1, -0.05) is 30.3 Å². The van der Waals surface area contributed by atoms with Crippen molar-refractivity contribution < 1.29 is 18.4 Å². The number of amides is 2. The molecule has 1 aliphatic rings. The summed E-state index contributed by atoms with van der Waals surface area (Å²) in [6.45, 7) is 3.52. The van der Waals surface area contributed by atoms with Gasteiger partial charge in [0.15, 0.2) is 0 Å². The number of hydrogen-bond donors (Lipinski definition) is 0. The summed E-state index contributed by atoms with van der Waals surface area (Å²) in [5, 5.41) is 0. The Morgan fingerprint density at radius 2 is 1.55 bits per heavy atom. The molecule has 0 aliphatic carbocycles. The minimum absolute atomic E-state index is 0.0278. The average molecular weight is 398 g/mol. The highest BCUT2D eigenvalue weighted by Gasteiger charge is 2.24. The molecule has 1 fully saturated rings. The lowest BCUT2D eigenvalue weighted by atomic mass is 10.1. The molecule has 3 rings (SSSR count). The smallest absolute Gasteiger partial charge is 0.249 e. The predicted octanol–water partition coefficient (Wildman–Crippen LogP) is 3.67. The van der Waals surface area contributed by atoms with E-state index in [9.17, 15) is 18.4 Å². The van der Waals surface area contributed by atoms with Gasteiger partial charge in [0.1, 0.15) is 11.6 Å². The topological polar surface area (TPSA) is 40.6 Å². The highest BCUT2D eigenvalue weighted by Crippen LogP contribution is 2.15. The van der Waals surface area contributed by atoms with Crippen molar-refractivity contribution in [3.05, 3.63) is 76.9 Å². The third kappa shape index (κ3) is 5.50. The molecule has 0 N–H and O–H groups in total. The van der Waals surface area contributed by atoms with Crippen molar-refractivity contribution in [2.24, 2.45) is 0 Å². The van der Waals surface area contributed by atoms with Gasteiger partial charge >= 0.3 is 0 Å². The lowest BCUT2D eigenvalue weighted by Crippen LogP contribution is -2.50. The average Bonchev–Trinajstić information content (AvgIpc) is 2.74. The molecule has 1 saturated heterocycles. The van der Waals surface area contributed by atoms with Crippen LogP contribution in [0.3, 0.4) is 0 Å². The Labute approximate surface area is 169 Å². The summed E-state index contributed by atoms with van der Waals surface area (Å²) in [6, 6.07) is 12.5. The van der Waals surface area contributed by atoms with Gasteiger partial charge in [0.25, 0.3) is 0 Å². The van der Waals surface area contributed by atoms with E-state index < -0.39 is 0 Å². The Bertz CT molecular complexity index is 901.